The fourth-order valence-electron chi connectivity index (χ4n) is 3.24. The van der Waals surface area contributed by atoms with Gasteiger partial charge in [0.25, 0.3) is 11.8 Å². The van der Waals surface area contributed by atoms with Crippen LogP contribution in [0.25, 0.3) is 0 Å². The molecule has 7 heteroatoms. The Morgan fingerprint density at radius 3 is 2.34 bits per heavy atom. The average Bonchev–Trinajstić information content (AvgIpc) is 2.83. The maximum absolute atomic E-state index is 13.4. The monoisotopic (exact) mass is 449 g/mol. The van der Waals surface area contributed by atoms with Gasteiger partial charge < -0.3 is 10.1 Å². The number of nitrogens with one attached hydrogen (secondary N) is 1. The van der Waals surface area contributed by atoms with Crippen molar-refractivity contribution in [3.63, 3.8) is 0 Å². The summed E-state index contributed by atoms with van der Waals surface area (Å²) in [5.41, 5.74) is 2.61. The van der Waals surface area contributed by atoms with Crippen LogP contribution in [-0.4, -0.2) is 23.9 Å². The lowest BCUT2D eigenvalue weighted by atomic mass is 10.0. The van der Waals surface area contributed by atoms with Crippen LogP contribution in [0.5, 0.6) is 0 Å². The highest BCUT2D eigenvalue weighted by Gasteiger charge is 2.32. The first-order chi connectivity index (χ1) is 15.4. The third kappa shape index (κ3) is 5.41. The number of ether oxygens (including phenoxy) is 1. The van der Waals surface area contributed by atoms with Gasteiger partial charge in [-0.05, 0) is 61.0 Å². The van der Waals surface area contributed by atoms with Gasteiger partial charge in [-0.25, -0.2) is 0 Å². The Morgan fingerprint density at radius 1 is 1.09 bits per heavy atom. The van der Waals surface area contributed by atoms with Crippen molar-refractivity contribution >= 4 is 34.8 Å². The summed E-state index contributed by atoms with van der Waals surface area (Å²) in [4.78, 5) is 31.9. The van der Waals surface area contributed by atoms with E-state index in [-0.39, 0.29) is 6.10 Å². The molecule has 0 bridgehead atoms. The van der Waals surface area contributed by atoms with Crippen LogP contribution < -0.4 is 10.2 Å². The third-order valence-corrected chi connectivity index (χ3v) is 5.28. The van der Waals surface area contributed by atoms with Gasteiger partial charge in [0.2, 0.25) is 0 Å². The largest absolute Gasteiger partial charge is 0.377 e. The number of pyridine rings is 1. The number of hydrogen-bond donors (Lipinski definition) is 1. The average molecular weight is 450 g/mol. The van der Waals surface area contributed by atoms with E-state index in [0.717, 1.165) is 5.56 Å². The summed E-state index contributed by atoms with van der Waals surface area (Å²) in [5, 5.41) is 3.42. The zero-order valence-electron chi connectivity index (χ0n) is 17.9. The van der Waals surface area contributed by atoms with Crippen LogP contribution in [-0.2, 0) is 14.3 Å². The van der Waals surface area contributed by atoms with Crippen LogP contribution in [0.15, 0.2) is 85.7 Å². The fourth-order valence-corrected chi connectivity index (χ4v) is 3.37. The molecule has 2 aromatic carbocycles. The molecule has 0 saturated heterocycles. The highest BCUT2D eigenvalue weighted by Crippen LogP contribution is 2.30. The summed E-state index contributed by atoms with van der Waals surface area (Å²) in [7, 11) is 1.63. The Kier molecular flexibility index (Phi) is 7.76. The summed E-state index contributed by atoms with van der Waals surface area (Å²) in [6, 6.07) is 16.5. The molecule has 3 rings (SSSR count). The molecule has 1 N–H and O–H groups in total. The Balaban J connectivity index is 2.04. The van der Waals surface area contributed by atoms with Gasteiger partial charge in [0.1, 0.15) is 6.04 Å². The van der Waals surface area contributed by atoms with Crippen molar-refractivity contribution in [1.29, 1.82) is 0 Å². The molecule has 0 fully saturated rings. The number of benzene rings is 2. The number of halogens is 1. The van der Waals surface area contributed by atoms with Crippen molar-refractivity contribution in [2.45, 2.75) is 19.1 Å². The van der Waals surface area contributed by atoms with Crippen molar-refractivity contribution in [3.8, 4) is 0 Å². The standard InChI is InChI=1S/C25H24ClN3O3/c1-4-23(30)29(22-13-7-18(8-14-22)17(2)32-3)24(19-6-5-15-27-16-19)25(31)28-21-11-9-20(26)10-12-21/h4-17,24H,1H2,2-3H3,(H,28,31). The van der Waals surface area contributed by atoms with Crippen LogP contribution >= 0.6 is 11.6 Å². The van der Waals surface area contributed by atoms with E-state index in [4.69, 9.17) is 16.3 Å². The molecular formula is C25H24ClN3O3. The minimum Gasteiger partial charge on any atom is -0.377 e. The maximum Gasteiger partial charge on any atom is 0.252 e. The molecule has 3 aromatic rings. The SMILES string of the molecule is C=CC(=O)N(c1ccc(C(C)OC)cc1)C(C(=O)Nc1ccc(Cl)cc1)c1cccnc1. The van der Waals surface area contributed by atoms with Crippen LogP contribution in [0.1, 0.15) is 30.2 Å². The van der Waals surface area contributed by atoms with Crippen LogP contribution in [0.3, 0.4) is 0 Å². The normalized spacial score (nSPS) is 12.5. The summed E-state index contributed by atoms with van der Waals surface area (Å²) in [6.45, 7) is 5.55. The Hall–Kier alpha value is -3.48. The zero-order chi connectivity index (χ0) is 23.1. The predicted molar refractivity (Wildman–Crippen MR) is 127 cm³/mol. The van der Waals surface area contributed by atoms with Crippen molar-refractivity contribution in [2.75, 3.05) is 17.3 Å². The molecule has 2 amide bonds. The van der Waals surface area contributed by atoms with E-state index in [9.17, 15) is 9.59 Å². The number of aromatic nitrogens is 1. The molecule has 2 atom stereocenters. The first kappa shape index (κ1) is 23.2. The van der Waals surface area contributed by atoms with E-state index >= 15 is 0 Å². The fraction of sp³-hybridized carbons (Fsp3) is 0.160. The summed E-state index contributed by atoms with van der Waals surface area (Å²) in [5.74, 6) is -0.817. The number of rotatable bonds is 8. The predicted octanol–water partition coefficient (Wildman–Crippen LogP) is 5.34. The number of hydrogen-bond acceptors (Lipinski definition) is 4. The van der Waals surface area contributed by atoms with Crippen LogP contribution in [0, 0.1) is 0 Å². The molecule has 0 spiro atoms. The third-order valence-electron chi connectivity index (χ3n) is 5.02. The van der Waals surface area contributed by atoms with Crippen LogP contribution in [0.2, 0.25) is 5.02 Å². The molecule has 6 nitrogen and oxygen atoms in total. The van der Waals surface area contributed by atoms with Gasteiger partial charge in [0, 0.05) is 41.5 Å². The molecule has 0 aliphatic heterocycles. The van der Waals surface area contributed by atoms with Gasteiger partial charge in [-0.3, -0.25) is 19.5 Å². The number of carbonyl (C=O) groups excluding carboxylic acids is 2. The van der Waals surface area contributed by atoms with E-state index in [2.05, 4.69) is 16.9 Å². The molecule has 1 aromatic heterocycles. The Bertz CT molecular complexity index is 1070. The highest BCUT2D eigenvalue weighted by atomic mass is 35.5. The number of carbonyl (C=O) groups is 2. The highest BCUT2D eigenvalue weighted by molar-refractivity contribution is 6.30. The van der Waals surface area contributed by atoms with Crippen molar-refractivity contribution in [1.82, 2.24) is 4.98 Å². The lowest BCUT2D eigenvalue weighted by molar-refractivity contribution is -0.121. The maximum atomic E-state index is 13.4. The lowest BCUT2D eigenvalue weighted by Crippen LogP contribution is -2.40. The van der Waals surface area contributed by atoms with Crippen molar-refractivity contribution in [3.05, 3.63) is 102 Å². The van der Waals surface area contributed by atoms with E-state index in [1.807, 2.05) is 19.1 Å². The van der Waals surface area contributed by atoms with Crippen molar-refractivity contribution < 1.29 is 14.3 Å². The smallest absolute Gasteiger partial charge is 0.252 e. The number of methoxy groups -OCH3 is 1. The van der Waals surface area contributed by atoms with Gasteiger partial charge in [0.15, 0.2) is 0 Å². The van der Waals surface area contributed by atoms with E-state index in [0.29, 0.717) is 22.0 Å². The molecule has 1 heterocycles. The first-order valence-electron chi connectivity index (χ1n) is 9.99. The Morgan fingerprint density at radius 2 is 1.78 bits per heavy atom. The second-order valence-electron chi connectivity index (χ2n) is 7.07. The van der Waals surface area contributed by atoms with Gasteiger partial charge in [-0.15, -0.1) is 0 Å². The molecular weight excluding hydrogens is 426 g/mol. The molecule has 2 unspecified atom stereocenters. The first-order valence-corrected chi connectivity index (χ1v) is 10.4. The topological polar surface area (TPSA) is 71.5 Å². The second-order valence-corrected chi connectivity index (χ2v) is 7.50. The summed E-state index contributed by atoms with van der Waals surface area (Å²) >= 11 is 5.95. The van der Waals surface area contributed by atoms with Gasteiger partial charge in [-0.2, -0.15) is 0 Å². The summed E-state index contributed by atoms with van der Waals surface area (Å²) < 4.78 is 5.36. The molecule has 0 radical (unpaired) electrons. The zero-order valence-corrected chi connectivity index (χ0v) is 18.6. The van der Waals surface area contributed by atoms with Gasteiger partial charge in [-0.1, -0.05) is 36.4 Å². The van der Waals surface area contributed by atoms with E-state index in [1.54, 1.807) is 68.0 Å². The van der Waals surface area contributed by atoms with Crippen molar-refractivity contribution in [2.24, 2.45) is 0 Å². The molecule has 0 saturated carbocycles. The molecule has 32 heavy (non-hydrogen) atoms. The molecule has 164 valence electrons. The number of anilines is 2. The quantitative estimate of drug-likeness (QED) is 0.471. The molecule has 0 aliphatic carbocycles. The summed E-state index contributed by atoms with van der Waals surface area (Å²) in [6.07, 6.45) is 4.26. The second kappa shape index (κ2) is 10.7. The minimum atomic E-state index is -0.976. The molecule has 0 aliphatic rings. The minimum absolute atomic E-state index is 0.102. The van der Waals surface area contributed by atoms with E-state index < -0.39 is 17.9 Å². The van der Waals surface area contributed by atoms with E-state index in [1.165, 1.54) is 11.0 Å². The van der Waals surface area contributed by atoms with Gasteiger partial charge >= 0.3 is 0 Å². The van der Waals surface area contributed by atoms with Crippen LogP contribution in [0.4, 0.5) is 11.4 Å². The number of amides is 2. The Labute approximate surface area is 192 Å². The van der Waals surface area contributed by atoms with Gasteiger partial charge in [0.05, 0.1) is 6.10 Å². The lowest BCUT2D eigenvalue weighted by Gasteiger charge is -2.30. The number of nitrogens with zero attached hydrogens (tertiary/aromatic N) is 2.